The summed E-state index contributed by atoms with van der Waals surface area (Å²) in [5, 5.41) is 8.23. The zero-order valence-electron chi connectivity index (χ0n) is 16.5. The Hall–Kier alpha value is -3.87. The number of pyridine rings is 1. The standard InChI is InChI=1S/C22H20N6O/c1-14-20(22-27-26-21(29-22)18-7-5-6-12-23-18)25-19(13-24-14)17-10-8-16(9-11-17)15(2)28(3)4/h5-13H,2H2,1,3-4H3. The van der Waals surface area contributed by atoms with E-state index in [1.165, 1.54) is 0 Å². The van der Waals surface area contributed by atoms with Crippen LogP contribution in [-0.2, 0) is 0 Å². The lowest BCUT2D eigenvalue weighted by atomic mass is 10.1. The van der Waals surface area contributed by atoms with Crippen molar-refractivity contribution in [1.29, 1.82) is 0 Å². The molecule has 0 atom stereocenters. The van der Waals surface area contributed by atoms with Gasteiger partial charge in [-0.2, -0.15) is 0 Å². The van der Waals surface area contributed by atoms with Gasteiger partial charge in [0.05, 0.1) is 17.6 Å². The van der Waals surface area contributed by atoms with Crippen LogP contribution in [0.2, 0.25) is 0 Å². The van der Waals surface area contributed by atoms with Crippen molar-refractivity contribution >= 4 is 5.70 Å². The molecular formula is C22H20N6O. The molecule has 1 aromatic carbocycles. The van der Waals surface area contributed by atoms with Gasteiger partial charge in [-0.25, -0.2) is 4.98 Å². The van der Waals surface area contributed by atoms with E-state index in [0.717, 1.165) is 22.5 Å². The fraction of sp³-hybridized carbons (Fsp3) is 0.136. The van der Waals surface area contributed by atoms with Crippen LogP contribution >= 0.6 is 0 Å². The Morgan fingerprint density at radius 3 is 2.38 bits per heavy atom. The normalized spacial score (nSPS) is 10.7. The number of nitrogens with zero attached hydrogens (tertiary/aromatic N) is 6. The number of rotatable bonds is 5. The molecule has 0 unspecified atom stereocenters. The third-order valence-electron chi connectivity index (χ3n) is 4.52. The SMILES string of the molecule is C=C(c1ccc(-c2cnc(C)c(-c3nnc(-c4ccccn4)o3)n2)cc1)N(C)C. The van der Waals surface area contributed by atoms with Crippen molar-refractivity contribution in [3.8, 4) is 34.4 Å². The summed E-state index contributed by atoms with van der Waals surface area (Å²) in [6.07, 6.45) is 3.42. The molecule has 7 heteroatoms. The summed E-state index contributed by atoms with van der Waals surface area (Å²) in [5.41, 5.74) is 5.55. The van der Waals surface area contributed by atoms with E-state index in [1.807, 2.05) is 68.4 Å². The van der Waals surface area contributed by atoms with Crippen LogP contribution in [0.1, 0.15) is 11.3 Å². The Bertz CT molecular complexity index is 1150. The maximum Gasteiger partial charge on any atom is 0.268 e. The minimum atomic E-state index is 0.315. The van der Waals surface area contributed by atoms with E-state index >= 15 is 0 Å². The first-order chi connectivity index (χ1) is 14.0. The molecule has 3 aromatic heterocycles. The van der Waals surface area contributed by atoms with Crippen LogP contribution in [0.4, 0.5) is 0 Å². The lowest BCUT2D eigenvalue weighted by Crippen LogP contribution is -2.08. The highest BCUT2D eigenvalue weighted by molar-refractivity contribution is 5.68. The second-order valence-electron chi connectivity index (χ2n) is 6.74. The molecule has 29 heavy (non-hydrogen) atoms. The fourth-order valence-electron chi connectivity index (χ4n) is 2.79. The maximum atomic E-state index is 5.80. The van der Waals surface area contributed by atoms with E-state index in [1.54, 1.807) is 12.4 Å². The summed E-state index contributed by atoms with van der Waals surface area (Å²) in [7, 11) is 3.94. The highest BCUT2D eigenvalue weighted by Gasteiger charge is 2.16. The largest absolute Gasteiger partial charge is 0.413 e. The zero-order chi connectivity index (χ0) is 20.4. The molecule has 4 aromatic rings. The molecule has 0 aliphatic rings. The first kappa shape index (κ1) is 18.5. The molecule has 0 bridgehead atoms. The van der Waals surface area contributed by atoms with E-state index in [9.17, 15) is 0 Å². The molecule has 0 aliphatic heterocycles. The fourth-order valence-corrected chi connectivity index (χ4v) is 2.79. The van der Waals surface area contributed by atoms with Gasteiger partial charge >= 0.3 is 0 Å². The second-order valence-corrected chi connectivity index (χ2v) is 6.74. The highest BCUT2D eigenvalue weighted by atomic mass is 16.4. The van der Waals surface area contributed by atoms with Crippen LogP contribution in [0, 0.1) is 6.92 Å². The molecule has 0 saturated carbocycles. The zero-order valence-corrected chi connectivity index (χ0v) is 16.5. The van der Waals surface area contributed by atoms with Crippen molar-refractivity contribution in [2.24, 2.45) is 0 Å². The minimum Gasteiger partial charge on any atom is -0.413 e. The Kier molecular flexibility index (Phi) is 4.87. The van der Waals surface area contributed by atoms with Gasteiger partial charge in [-0.15, -0.1) is 10.2 Å². The van der Waals surface area contributed by atoms with E-state index in [0.29, 0.717) is 28.9 Å². The van der Waals surface area contributed by atoms with E-state index in [2.05, 4.69) is 26.7 Å². The highest BCUT2D eigenvalue weighted by Crippen LogP contribution is 2.26. The number of hydrogen-bond donors (Lipinski definition) is 0. The molecule has 3 heterocycles. The topological polar surface area (TPSA) is 80.8 Å². The molecule has 0 aliphatic carbocycles. The Labute approximate surface area is 168 Å². The molecule has 0 fully saturated rings. The Balaban J connectivity index is 1.67. The number of aromatic nitrogens is 5. The van der Waals surface area contributed by atoms with Crippen LogP contribution in [0.25, 0.3) is 40.1 Å². The lowest BCUT2D eigenvalue weighted by Gasteiger charge is -2.16. The smallest absolute Gasteiger partial charge is 0.268 e. The molecule has 0 spiro atoms. The van der Waals surface area contributed by atoms with Gasteiger partial charge in [0.15, 0.2) is 0 Å². The Morgan fingerprint density at radius 1 is 0.931 bits per heavy atom. The van der Waals surface area contributed by atoms with Crippen molar-refractivity contribution in [2.45, 2.75) is 6.92 Å². The van der Waals surface area contributed by atoms with Gasteiger partial charge in [-0.05, 0) is 24.6 Å². The summed E-state index contributed by atoms with van der Waals surface area (Å²) >= 11 is 0. The van der Waals surface area contributed by atoms with Crippen molar-refractivity contribution in [1.82, 2.24) is 30.0 Å². The van der Waals surface area contributed by atoms with Crippen molar-refractivity contribution < 1.29 is 4.42 Å². The molecule has 4 rings (SSSR count). The van der Waals surface area contributed by atoms with Gasteiger partial charge in [0, 0.05) is 31.6 Å². The van der Waals surface area contributed by atoms with Gasteiger partial charge in [0.1, 0.15) is 11.4 Å². The van der Waals surface area contributed by atoms with Crippen molar-refractivity contribution in [2.75, 3.05) is 14.1 Å². The molecule has 0 radical (unpaired) electrons. The van der Waals surface area contributed by atoms with Crippen molar-refractivity contribution in [3.63, 3.8) is 0 Å². The van der Waals surface area contributed by atoms with E-state index in [4.69, 9.17) is 9.40 Å². The van der Waals surface area contributed by atoms with Crippen LogP contribution in [-0.4, -0.2) is 44.1 Å². The average Bonchev–Trinajstić information content (AvgIpc) is 3.24. The van der Waals surface area contributed by atoms with Crippen LogP contribution in [0.15, 0.2) is 65.9 Å². The number of aryl methyl sites for hydroxylation is 1. The third-order valence-corrected chi connectivity index (χ3v) is 4.52. The summed E-state index contributed by atoms with van der Waals surface area (Å²) in [6.45, 7) is 5.95. The summed E-state index contributed by atoms with van der Waals surface area (Å²) in [5.74, 6) is 0.661. The molecule has 0 N–H and O–H groups in total. The summed E-state index contributed by atoms with van der Waals surface area (Å²) in [6, 6.07) is 13.6. The summed E-state index contributed by atoms with van der Waals surface area (Å²) < 4.78 is 5.80. The van der Waals surface area contributed by atoms with Gasteiger partial charge in [0.25, 0.3) is 11.8 Å². The lowest BCUT2D eigenvalue weighted by molar-refractivity contribution is 0.578. The van der Waals surface area contributed by atoms with E-state index < -0.39 is 0 Å². The maximum absolute atomic E-state index is 5.80. The second kappa shape index (κ2) is 7.63. The predicted molar refractivity (Wildman–Crippen MR) is 111 cm³/mol. The Morgan fingerprint density at radius 2 is 1.69 bits per heavy atom. The molecule has 0 amide bonds. The van der Waals surface area contributed by atoms with Gasteiger partial charge < -0.3 is 9.32 Å². The summed E-state index contributed by atoms with van der Waals surface area (Å²) in [4.78, 5) is 15.4. The van der Waals surface area contributed by atoms with Crippen molar-refractivity contribution in [3.05, 3.63) is 72.7 Å². The molecule has 7 nitrogen and oxygen atoms in total. The quantitative estimate of drug-likeness (QED) is 0.512. The first-order valence-electron chi connectivity index (χ1n) is 9.09. The van der Waals surface area contributed by atoms with Gasteiger partial charge in [-0.3, -0.25) is 9.97 Å². The number of benzene rings is 1. The van der Waals surface area contributed by atoms with Crippen LogP contribution < -0.4 is 0 Å². The van der Waals surface area contributed by atoms with Crippen LogP contribution in [0.5, 0.6) is 0 Å². The van der Waals surface area contributed by atoms with E-state index in [-0.39, 0.29) is 0 Å². The molecular weight excluding hydrogens is 364 g/mol. The minimum absolute atomic E-state index is 0.315. The number of hydrogen-bond acceptors (Lipinski definition) is 7. The average molecular weight is 384 g/mol. The molecule has 144 valence electrons. The van der Waals surface area contributed by atoms with Gasteiger partial charge in [0.2, 0.25) is 0 Å². The van der Waals surface area contributed by atoms with Crippen LogP contribution in [0.3, 0.4) is 0 Å². The van der Waals surface area contributed by atoms with Gasteiger partial charge in [-0.1, -0.05) is 36.9 Å². The predicted octanol–water partition coefficient (Wildman–Crippen LogP) is 4.10. The monoisotopic (exact) mass is 384 g/mol. The first-order valence-corrected chi connectivity index (χ1v) is 9.09. The molecule has 0 saturated heterocycles. The third kappa shape index (κ3) is 3.75.